The second-order valence-electron chi connectivity index (χ2n) is 9.32. The Bertz CT molecular complexity index is 920. The van der Waals surface area contributed by atoms with Gasteiger partial charge in [0.1, 0.15) is 17.0 Å². The number of nitrogens with zero attached hydrogens (tertiary/aromatic N) is 4. The van der Waals surface area contributed by atoms with Gasteiger partial charge in [0, 0.05) is 47.9 Å². The fourth-order valence-electron chi connectivity index (χ4n) is 5.00. The number of halogens is 3. The van der Waals surface area contributed by atoms with Crippen LogP contribution in [-0.4, -0.2) is 66.5 Å². The molecule has 0 saturated carbocycles. The molecule has 1 spiro atoms. The summed E-state index contributed by atoms with van der Waals surface area (Å²) in [5.74, 6) is 0.780. The molecule has 0 bridgehead atoms. The lowest BCUT2D eigenvalue weighted by Gasteiger charge is -2.57. The average molecular weight is 427 g/mol. The highest BCUT2D eigenvalue weighted by atomic mass is 32.1. The molecule has 2 aromatic heterocycles. The molecule has 0 amide bonds. The Morgan fingerprint density at radius 3 is 2.66 bits per heavy atom. The van der Waals surface area contributed by atoms with Gasteiger partial charge in [-0.1, -0.05) is 6.92 Å². The number of anilines is 1. The molecule has 0 aliphatic carbocycles. The third-order valence-electron chi connectivity index (χ3n) is 6.97. The molecule has 0 unspecified atom stereocenters. The van der Waals surface area contributed by atoms with E-state index < -0.39 is 12.6 Å². The molecular formula is C20H25F3N4OS. The second-order valence-corrected chi connectivity index (χ2v) is 10.4. The van der Waals surface area contributed by atoms with Gasteiger partial charge in [-0.3, -0.25) is 4.90 Å². The summed E-state index contributed by atoms with van der Waals surface area (Å²) in [6, 6.07) is 2.13. The maximum absolute atomic E-state index is 12.8. The lowest BCUT2D eigenvalue weighted by atomic mass is 9.73. The van der Waals surface area contributed by atoms with E-state index in [4.69, 9.17) is 4.74 Å². The zero-order valence-electron chi connectivity index (χ0n) is 16.6. The summed E-state index contributed by atoms with van der Waals surface area (Å²) in [7, 11) is 0. The van der Waals surface area contributed by atoms with E-state index in [0.717, 1.165) is 68.4 Å². The normalized spacial score (nSPS) is 24.7. The SMILES string of the molecule is C[C@@H](N1CC2(CCN(c3ncnc4sc(CC(F)(F)F)cc34)C2)C1)C1(C)COC1. The molecule has 29 heavy (non-hydrogen) atoms. The van der Waals surface area contributed by atoms with E-state index in [-0.39, 0.29) is 10.8 Å². The van der Waals surface area contributed by atoms with Crippen LogP contribution in [-0.2, 0) is 11.2 Å². The van der Waals surface area contributed by atoms with Crippen LogP contribution in [0, 0.1) is 10.8 Å². The predicted octanol–water partition coefficient (Wildman–Crippen LogP) is 3.73. The van der Waals surface area contributed by atoms with Gasteiger partial charge in [-0.2, -0.15) is 13.2 Å². The van der Waals surface area contributed by atoms with Gasteiger partial charge in [-0.15, -0.1) is 11.3 Å². The summed E-state index contributed by atoms with van der Waals surface area (Å²) in [5, 5.41) is 0.748. The van der Waals surface area contributed by atoms with E-state index >= 15 is 0 Å². The van der Waals surface area contributed by atoms with Gasteiger partial charge >= 0.3 is 6.18 Å². The van der Waals surface area contributed by atoms with Crippen LogP contribution in [0.25, 0.3) is 10.2 Å². The van der Waals surface area contributed by atoms with Gasteiger partial charge in [0.25, 0.3) is 0 Å². The van der Waals surface area contributed by atoms with Crippen LogP contribution in [0.4, 0.5) is 19.0 Å². The van der Waals surface area contributed by atoms with Crippen LogP contribution in [0.1, 0.15) is 25.1 Å². The molecule has 2 aromatic rings. The van der Waals surface area contributed by atoms with E-state index in [1.807, 2.05) is 0 Å². The number of ether oxygens (including phenoxy) is 1. The van der Waals surface area contributed by atoms with E-state index in [1.165, 1.54) is 6.33 Å². The summed E-state index contributed by atoms with van der Waals surface area (Å²) in [6.45, 7) is 10.2. The van der Waals surface area contributed by atoms with Gasteiger partial charge in [-0.05, 0) is 19.4 Å². The van der Waals surface area contributed by atoms with Crippen molar-refractivity contribution < 1.29 is 17.9 Å². The maximum Gasteiger partial charge on any atom is 0.393 e. The molecule has 3 saturated heterocycles. The Morgan fingerprint density at radius 2 is 2.00 bits per heavy atom. The van der Waals surface area contributed by atoms with Crippen molar-refractivity contribution in [3.8, 4) is 0 Å². The molecule has 0 radical (unpaired) electrons. The van der Waals surface area contributed by atoms with Crippen LogP contribution >= 0.6 is 11.3 Å². The van der Waals surface area contributed by atoms with Crippen molar-refractivity contribution >= 4 is 27.4 Å². The monoisotopic (exact) mass is 426 g/mol. The average Bonchev–Trinajstić information content (AvgIpc) is 3.19. The van der Waals surface area contributed by atoms with Crippen molar-refractivity contribution in [3.05, 3.63) is 17.3 Å². The standard InChI is InChI=1S/C20H25F3N4OS/c1-13(18(2)10-28-11-18)27-8-19(9-27)3-4-26(7-19)16-15-5-14(6-20(21,22)23)29-17(15)25-12-24-16/h5,12-13H,3-4,6-11H2,1-2H3/t13-/m1/s1. The highest BCUT2D eigenvalue weighted by molar-refractivity contribution is 7.18. The van der Waals surface area contributed by atoms with Gasteiger partial charge in [0.2, 0.25) is 0 Å². The smallest absolute Gasteiger partial charge is 0.380 e. The van der Waals surface area contributed by atoms with Crippen LogP contribution < -0.4 is 4.90 Å². The van der Waals surface area contributed by atoms with E-state index in [0.29, 0.717) is 15.7 Å². The fraction of sp³-hybridized carbons (Fsp3) is 0.700. The Balaban J connectivity index is 1.30. The minimum atomic E-state index is -4.21. The van der Waals surface area contributed by atoms with Crippen molar-refractivity contribution in [1.29, 1.82) is 0 Å². The summed E-state index contributed by atoms with van der Waals surface area (Å²) < 4.78 is 43.8. The Morgan fingerprint density at radius 1 is 1.24 bits per heavy atom. The minimum absolute atomic E-state index is 0.254. The van der Waals surface area contributed by atoms with E-state index in [2.05, 4.69) is 33.6 Å². The molecule has 1 atom stereocenters. The Kier molecular flexibility index (Phi) is 4.39. The summed E-state index contributed by atoms with van der Waals surface area (Å²) >= 11 is 1.11. The first-order valence-corrected chi connectivity index (χ1v) is 10.9. The fourth-order valence-corrected chi connectivity index (χ4v) is 6.02. The molecule has 9 heteroatoms. The molecule has 5 nitrogen and oxygen atoms in total. The zero-order chi connectivity index (χ0) is 20.4. The first kappa shape index (κ1) is 19.5. The maximum atomic E-state index is 12.8. The van der Waals surface area contributed by atoms with Crippen molar-refractivity contribution in [3.63, 3.8) is 0 Å². The number of thiophene rings is 1. The molecule has 0 aromatic carbocycles. The third kappa shape index (κ3) is 3.41. The van der Waals surface area contributed by atoms with E-state index in [1.54, 1.807) is 6.07 Å². The molecular weight excluding hydrogens is 401 g/mol. The van der Waals surface area contributed by atoms with Crippen LogP contribution in [0.5, 0.6) is 0 Å². The first-order chi connectivity index (χ1) is 13.7. The van der Waals surface area contributed by atoms with Crippen LogP contribution in [0.3, 0.4) is 0 Å². The molecule has 5 rings (SSSR count). The van der Waals surface area contributed by atoms with Crippen molar-refractivity contribution in [2.45, 2.75) is 38.9 Å². The number of likely N-dealkylation sites (tertiary alicyclic amines) is 1. The van der Waals surface area contributed by atoms with Crippen molar-refractivity contribution in [2.24, 2.45) is 10.8 Å². The van der Waals surface area contributed by atoms with Crippen molar-refractivity contribution in [1.82, 2.24) is 14.9 Å². The van der Waals surface area contributed by atoms with Gasteiger partial charge in [-0.25, -0.2) is 9.97 Å². The first-order valence-electron chi connectivity index (χ1n) is 10.0. The molecule has 5 heterocycles. The Hall–Kier alpha value is -1.45. The summed E-state index contributed by atoms with van der Waals surface area (Å²) in [4.78, 5) is 14.4. The van der Waals surface area contributed by atoms with Crippen molar-refractivity contribution in [2.75, 3.05) is 44.3 Å². The highest BCUT2D eigenvalue weighted by Gasteiger charge is 2.53. The highest BCUT2D eigenvalue weighted by Crippen LogP contribution is 2.46. The number of fused-ring (bicyclic) bond motifs is 1. The largest absolute Gasteiger partial charge is 0.393 e. The Labute approximate surface area is 171 Å². The lowest BCUT2D eigenvalue weighted by Crippen LogP contribution is -2.66. The van der Waals surface area contributed by atoms with Gasteiger partial charge in [0.15, 0.2) is 0 Å². The molecule has 3 aliphatic rings. The number of aromatic nitrogens is 2. The molecule has 158 valence electrons. The van der Waals surface area contributed by atoms with Gasteiger partial charge in [0.05, 0.1) is 25.0 Å². The quantitative estimate of drug-likeness (QED) is 0.745. The number of rotatable bonds is 4. The molecule has 3 fully saturated rings. The second kappa shape index (κ2) is 6.52. The van der Waals surface area contributed by atoms with Crippen LogP contribution in [0.2, 0.25) is 0 Å². The minimum Gasteiger partial charge on any atom is -0.380 e. The third-order valence-corrected chi connectivity index (χ3v) is 8.01. The lowest BCUT2D eigenvalue weighted by molar-refractivity contribution is -0.164. The van der Waals surface area contributed by atoms with Crippen LogP contribution in [0.15, 0.2) is 12.4 Å². The predicted molar refractivity (Wildman–Crippen MR) is 106 cm³/mol. The molecule has 0 N–H and O–H groups in total. The van der Waals surface area contributed by atoms with E-state index in [9.17, 15) is 13.2 Å². The topological polar surface area (TPSA) is 41.5 Å². The van der Waals surface area contributed by atoms with Gasteiger partial charge < -0.3 is 9.64 Å². The summed E-state index contributed by atoms with van der Waals surface area (Å²) in [5.41, 5.74) is 0.515. The number of alkyl halides is 3. The summed E-state index contributed by atoms with van der Waals surface area (Å²) in [6.07, 6.45) is -2.55. The number of hydrogen-bond acceptors (Lipinski definition) is 6. The molecule has 3 aliphatic heterocycles. The zero-order valence-corrected chi connectivity index (χ0v) is 17.4. The number of hydrogen-bond donors (Lipinski definition) is 0.